The predicted molar refractivity (Wildman–Crippen MR) is 106 cm³/mol. The Morgan fingerprint density at radius 1 is 1.04 bits per heavy atom. The maximum absolute atomic E-state index is 13.3. The molecule has 0 aliphatic heterocycles. The highest BCUT2D eigenvalue weighted by atomic mass is 31.2. The van der Waals surface area contributed by atoms with Crippen LogP contribution < -0.4 is 10.6 Å². The summed E-state index contributed by atoms with van der Waals surface area (Å²) in [6.45, 7) is 10.6. The molecule has 0 aromatic heterocycles. The number of carbonyl (C=O) groups excluding carboxylic acids is 2. The van der Waals surface area contributed by atoms with Crippen LogP contribution in [0.5, 0.6) is 0 Å². The molecule has 1 rings (SSSR count). The van der Waals surface area contributed by atoms with Crippen LogP contribution in [0.15, 0.2) is 24.3 Å². The fraction of sp³-hybridized carbons (Fsp3) is 0.579. The molecule has 0 aliphatic carbocycles. The number of nitrogens with one attached hydrogen (secondary N) is 1. The van der Waals surface area contributed by atoms with Gasteiger partial charge in [0.2, 0.25) is 0 Å². The monoisotopic (exact) mass is 415 g/mol. The third kappa shape index (κ3) is 6.93. The van der Waals surface area contributed by atoms with E-state index in [0.29, 0.717) is 0 Å². The largest absolute Gasteiger partial charge is 0.464 e. The number of hydrogen-bond donors (Lipinski definition) is 1. The number of amides is 1. The van der Waals surface area contributed by atoms with Gasteiger partial charge < -0.3 is 23.8 Å². The number of carbonyl (C=O) groups is 2. The van der Waals surface area contributed by atoms with Crippen LogP contribution in [-0.2, 0) is 27.9 Å². The average molecular weight is 415 g/mol. The molecule has 0 bridgehead atoms. The van der Waals surface area contributed by atoms with Gasteiger partial charge in [-0.1, -0.05) is 18.2 Å². The van der Waals surface area contributed by atoms with Crippen molar-refractivity contribution >= 4 is 25.0 Å². The van der Waals surface area contributed by atoms with E-state index < -0.39 is 31.3 Å². The van der Waals surface area contributed by atoms with E-state index in [1.807, 2.05) is 0 Å². The van der Waals surface area contributed by atoms with Gasteiger partial charge in [-0.2, -0.15) is 0 Å². The summed E-state index contributed by atoms with van der Waals surface area (Å²) in [7, 11) is -3.71. The quantitative estimate of drug-likeness (QED) is 0.485. The zero-order valence-electron chi connectivity index (χ0n) is 17.3. The van der Waals surface area contributed by atoms with Crippen LogP contribution >= 0.6 is 7.60 Å². The summed E-state index contributed by atoms with van der Waals surface area (Å²) in [5.74, 6) is -0.708. The molecule has 28 heavy (non-hydrogen) atoms. The Kier molecular flexibility index (Phi) is 9.14. The summed E-state index contributed by atoms with van der Waals surface area (Å²) in [6, 6.07) is 5.19. The van der Waals surface area contributed by atoms with Crippen molar-refractivity contribution in [3.05, 3.63) is 29.8 Å². The molecule has 0 saturated heterocycles. The number of hydrogen-bond acceptors (Lipinski definition) is 7. The molecule has 0 heterocycles. The van der Waals surface area contributed by atoms with Crippen molar-refractivity contribution in [2.45, 2.75) is 53.2 Å². The van der Waals surface area contributed by atoms with Crippen LogP contribution in [0.4, 0.5) is 4.79 Å². The molecule has 1 aromatic carbocycles. The Hall–Kier alpha value is -1.89. The van der Waals surface area contributed by atoms with Crippen molar-refractivity contribution in [3.63, 3.8) is 0 Å². The molecule has 1 aromatic rings. The summed E-state index contributed by atoms with van der Waals surface area (Å²) < 4.78 is 34.5. The SMILES string of the molecule is CCOC(=O)C(NC(=O)OC(C)(C)C)c1ccccc1P(=O)(OCC)OCC. The van der Waals surface area contributed by atoms with Crippen LogP contribution in [0, 0.1) is 0 Å². The minimum atomic E-state index is -3.71. The smallest absolute Gasteiger partial charge is 0.408 e. The van der Waals surface area contributed by atoms with Crippen molar-refractivity contribution < 1.29 is 32.7 Å². The molecule has 1 unspecified atom stereocenters. The molecule has 1 N–H and O–H groups in total. The van der Waals surface area contributed by atoms with Crippen molar-refractivity contribution in [2.24, 2.45) is 0 Å². The summed E-state index contributed by atoms with van der Waals surface area (Å²) in [6.07, 6.45) is -0.803. The van der Waals surface area contributed by atoms with Gasteiger partial charge in [0.25, 0.3) is 0 Å². The molecular formula is C19H30NO7P. The van der Waals surface area contributed by atoms with E-state index in [2.05, 4.69) is 5.32 Å². The average Bonchev–Trinajstić information content (AvgIpc) is 2.59. The Labute approximate surface area is 166 Å². The maximum Gasteiger partial charge on any atom is 0.408 e. The van der Waals surface area contributed by atoms with Crippen molar-refractivity contribution in [2.75, 3.05) is 19.8 Å². The van der Waals surface area contributed by atoms with Crippen molar-refractivity contribution in [1.82, 2.24) is 5.32 Å². The first kappa shape index (κ1) is 24.1. The summed E-state index contributed by atoms with van der Waals surface area (Å²) in [5, 5.41) is 2.69. The van der Waals surface area contributed by atoms with E-state index in [0.717, 1.165) is 0 Å². The van der Waals surface area contributed by atoms with Crippen molar-refractivity contribution in [1.29, 1.82) is 0 Å². The molecule has 8 nitrogen and oxygen atoms in total. The highest BCUT2D eigenvalue weighted by molar-refractivity contribution is 7.62. The molecule has 0 saturated carbocycles. The molecular weight excluding hydrogens is 385 g/mol. The van der Waals surface area contributed by atoms with E-state index in [4.69, 9.17) is 18.5 Å². The summed E-state index contributed by atoms with van der Waals surface area (Å²) >= 11 is 0. The minimum Gasteiger partial charge on any atom is -0.464 e. The lowest BCUT2D eigenvalue weighted by molar-refractivity contribution is -0.145. The Morgan fingerprint density at radius 2 is 1.61 bits per heavy atom. The van der Waals surface area contributed by atoms with E-state index in [9.17, 15) is 14.2 Å². The second kappa shape index (κ2) is 10.6. The molecule has 0 aliphatic rings. The Balaban J connectivity index is 3.40. The van der Waals surface area contributed by atoms with Crippen LogP contribution in [0.1, 0.15) is 53.1 Å². The summed E-state index contributed by atoms with van der Waals surface area (Å²) in [5.41, 5.74) is -0.494. The highest BCUT2D eigenvalue weighted by Crippen LogP contribution is 2.48. The van der Waals surface area contributed by atoms with Crippen LogP contribution in [-0.4, -0.2) is 37.5 Å². The van der Waals surface area contributed by atoms with Gasteiger partial charge in [0.05, 0.1) is 25.1 Å². The van der Waals surface area contributed by atoms with Gasteiger partial charge in [-0.05, 0) is 47.6 Å². The Morgan fingerprint density at radius 3 is 2.11 bits per heavy atom. The maximum atomic E-state index is 13.3. The van der Waals surface area contributed by atoms with E-state index in [-0.39, 0.29) is 30.7 Å². The molecule has 9 heteroatoms. The molecule has 158 valence electrons. The normalized spacial score (nSPS) is 12.9. The minimum absolute atomic E-state index is 0.113. The van der Waals surface area contributed by atoms with Gasteiger partial charge in [-0.15, -0.1) is 0 Å². The van der Waals surface area contributed by atoms with Crippen LogP contribution in [0.2, 0.25) is 0 Å². The van der Waals surface area contributed by atoms with E-state index in [1.54, 1.807) is 65.8 Å². The molecule has 0 radical (unpaired) electrons. The van der Waals surface area contributed by atoms with Crippen LogP contribution in [0.3, 0.4) is 0 Å². The second-order valence-corrected chi connectivity index (χ2v) is 8.72. The molecule has 1 amide bonds. The first-order valence-electron chi connectivity index (χ1n) is 9.22. The van der Waals surface area contributed by atoms with E-state index >= 15 is 0 Å². The van der Waals surface area contributed by atoms with Gasteiger partial charge in [-0.3, -0.25) is 4.57 Å². The number of ether oxygens (including phenoxy) is 2. The zero-order valence-corrected chi connectivity index (χ0v) is 18.2. The number of benzene rings is 1. The standard InChI is InChI=1S/C19H30NO7P/c1-7-24-17(21)16(20-18(22)27-19(4,5)6)14-12-10-11-13-15(14)28(23,25-8-2)26-9-3/h10-13,16H,7-9H2,1-6H3,(H,20,22). The third-order valence-electron chi connectivity index (χ3n) is 3.32. The van der Waals surface area contributed by atoms with Gasteiger partial charge in [0.1, 0.15) is 5.60 Å². The molecule has 0 fully saturated rings. The molecule has 0 spiro atoms. The number of alkyl carbamates (subject to hydrolysis) is 1. The fourth-order valence-electron chi connectivity index (χ4n) is 2.41. The first-order valence-corrected chi connectivity index (χ1v) is 10.8. The van der Waals surface area contributed by atoms with Crippen molar-refractivity contribution in [3.8, 4) is 0 Å². The second-order valence-electron chi connectivity index (χ2n) is 6.72. The third-order valence-corrected chi connectivity index (χ3v) is 5.52. The highest BCUT2D eigenvalue weighted by Gasteiger charge is 2.36. The predicted octanol–water partition coefficient (Wildman–Crippen LogP) is 3.71. The van der Waals surface area contributed by atoms with E-state index in [1.165, 1.54) is 0 Å². The lowest BCUT2D eigenvalue weighted by Crippen LogP contribution is -2.40. The zero-order chi connectivity index (χ0) is 21.4. The van der Waals surface area contributed by atoms with Gasteiger partial charge in [-0.25, -0.2) is 9.59 Å². The lowest BCUT2D eigenvalue weighted by atomic mass is 10.1. The molecule has 1 atom stereocenters. The van der Waals surface area contributed by atoms with Gasteiger partial charge in [0.15, 0.2) is 6.04 Å². The Bertz CT molecular complexity index is 704. The lowest BCUT2D eigenvalue weighted by Gasteiger charge is -2.26. The number of rotatable bonds is 9. The fourth-order valence-corrected chi connectivity index (χ4v) is 4.23. The topological polar surface area (TPSA) is 100 Å². The van der Waals surface area contributed by atoms with Gasteiger partial charge in [0, 0.05) is 5.56 Å². The summed E-state index contributed by atoms with van der Waals surface area (Å²) in [4.78, 5) is 24.9. The van der Waals surface area contributed by atoms with Gasteiger partial charge >= 0.3 is 19.7 Å². The number of esters is 1. The van der Waals surface area contributed by atoms with Crippen LogP contribution in [0.25, 0.3) is 0 Å². The first-order chi connectivity index (χ1) is 13.1.